The number of benzene rings is 1. The normalized spacial score (nSPS) is 20.9. The van der Waals surface area contributed by atoms with Gasteiger partial charge in [0.15, 0.2) is 11.5 Å². The van der Waals surface area contributed by atoms with E-state index in [2.05, 4.69) is 19.1 Å². The van der Waals surface area contributed by atoms with Gasteiger partial charge < -0.3 is 9.47 Å². The van der Waals surface area contributed by atoms with Crippen LogP contribution < -0.4 is 9.47 Å². The third-order valence-electron chi connectivity index (χ3n) is 3.99. The molecule has 4 heteroatoms. The lowest BCUT2D eigenvalue weighted by Crippen LogP contribution is -2.16. The Morgan fingerprint density at radius 2 is 1.55 bits per heavy atom. The molecule has 22 heavy (non-hydrogen) atoms. The Kier molecular flexibility index (Phi) is 6.22. The van der Waals surface area contributed by atoms with Gasteiger partial charge in [-0.3, -0.25) is 0 Å². The molecule has 0 heterocycles. The van der Waals surface area contributed by atoms with E-state index in [4.69, 9.17) is 9.47 Å². The lowest BCUT2D eigenvalue weighted by molar-refractivity contribution is 0.238. The molecule has 0 saturated heterocycles. The number of ether oxygens (including phenoxy) is 2. The van der Waals surface area contributed by atoms with Crippen molar-refractivity contribution in [2.24, 2.45) is 11.8 Å². The van der Waals surface area contributed by atoms with Crippen molar-refractivity contribution in [1.29, 1.82) is 0 Å². The molecule has 0 aromatic heterocycles. The van der Waals surface area contributed by atoms with E-state index in [0.717, 1.165) is 12.8 Å². The number of allylic oxidation sites excluding steroid dienone is 1. The van der Waals surface area contributed by atoms with Crippen molar-refractivity contribution >= 4 is 0 Å². The third kappa shape index (κ3) is 4.21. The minimum atomic E-state index is -0.985. The van der Waals surface area contributed by atoms with Crippen LogP contribution in [0.5, 0.6) is 11.5 Å². The Hall–Kier alpha value is -1.58. The largest absolute Gasteiger partial charge is 0.491 e. The summed E-state index contributed by atoms with van der Waals surface area (Å²) in [4.78, 5) is 0. The molecule has 0 aliphatic heterocycles. The molecule has 2 atom stereocenters. The van der Waals surface area contributed by atoms with Crippen LogP contribution >= 0.6 is 0 Å². The van der Waals surface area contributed by atoms with Gasteiger partial charge in [0.25, 0.3) is 0 Å². The Morgan fingerprint density at radius 1 is 0.955 bits per heavy atom. The first-order chi connectivity index (χ1) is 10.7. The zero-order chi connectivity index (χ0) is 15.9. The molecule has 1 aromatic carbocycles. The smallest absolute Gasteiger partial charge is 0.204 e. The van der Waals surface area contributed by atoms with E-state index in [9.17, 15) is 8.78 Å². The topological polar surface area (TPSA) is 18.5 Å². The predicted octanol–water partition coefficient (Wildman–Crippen LogP) is 5.12. The molecule has 0 amide bonds. The van der Waals surface area contributed by atoms with Crippen LogP contribution in [0.15, 0.2) is 24.3 Å². The summed E-state index contributed by atoms with van der Waals surface area (Å²) < 4.78 is 38.1. The second-order valence-electron chi connectivity index (χ2n) is 5.70. The van der Waals surface area contributed by atoms with Gasteiger partial charge in [0.2, 0.25) is 11.6 Å². The molecule has 0 N–H and O–H groups in total. The fourth-order valence-corrected chi connectivity index (χ4v) is 2.77. The lowest BCUT2D eigenvalue weighted by Gasteiger charge is -2.22. The van der Waals surface area contributed by atoms with Crippen molar-refractivity contribution in [3.8, 4) is 11.5 Å². The van der Waals surface area contributed by atoms with Gasteiger partial charge >= 0.3 is 0 Å². The first kappa shape index (κ1) is 16.8. The maximum absolute atomic E-state index is 13.9. The van der Waals surface area contributed by atoms with Gasteiger partial charge in [0, 0.05) is 5.92 Å². The molecular weight excluding hydrogens is 286 g/mol. The molecule has 2 nitrogen and oxygen atoms in total. The van der Waals surface area contributed by atoms with E-state index < -0.39 is 11.6 Å². The van der Waals surface area contributed by atoms with Gasteiger partial charge in [0.05, 0.1) is 13.2 Å². The number of hydrogen-bond donors (Lipinski definition) is 0. The highest BCUT2D eigenvalue weighted by Gasteiger charge is 2.19. The molecule has 0 bridgehead atoms. The van der Waals surface area contributed by atoms with E-state index in [1.54, 1.807) is 6.92 Å². The van der Waals surface area contributed by atoms with Crippen molar-refractivity contribution in [3.63, 3.8) is 0 Å². The molecule has 122 valence electrons. The Bertz CT molecular complexity index is 514. The summed E-state index contributed by atoms with van der Waals surface area (Å²) in [5.74, 6) is -1.17. The summed E-state index contributed by atoms with van der Waals surface area (Å²) in [6.07, 6.45) is 8.94. The van der Waals surface area contributed by atoms with Crippen LogP contribution in [0, 0.1) is 23.5 Å². The van der Waals surface area contributed by atoms with Crippen molar-refractivity contribution in [2.75, 3.05) is 13.2 Å². The predicted molar refractivity (Wildman–Crippen MR) is 83.3 cm³/mol. The van der Waals surface area contributed by atoms with Gasteiger partial charge in [-0.1, -0.05) is 25.5 Å². The van der Waals surface area contributed by atoms with Crippen LogP contribution in [0.2, 0.25) is 0 Å². The average Bonchev–Trinajstić information content (AvgIpc) is 2.53. The van der Waals surface area contributed by atoms with Gasteiger partial charge in [0.1, 0.15) is 0 Å². The Labute approximate surface area is 131 Å². The average molecular weight is 310 g/mol. The first-order valence-electron chi connectivity index (χ1n) is 8.07. The van der Waals surface area contributed by atoms with Crippen LogP contribution in [0.25, 0.3) is 0 Å². The summed E-state index contributed by atoms with van der Waals surface area (Å²) >= 11 is 0. The van der Waals surface area contributed by atoms with Crippen molar-refractivity contribution < 1.29 is 18.3 Å². The van der Waals surface area contributed by atoms with E-state index in [0.29, 0.717) is 19.1 Å². The molecule has 2 rings (SSSR count). The van der Waals surface area contributed by atoms with E-state index in [1.807, 2.05) is 0 Å². The maximum atomic E-state index is 13.9. The zero-order valence-corrected chi connectivity index (χ0v) is 13.3. The SMILES string of the molecule is CCCC1C=CC(COc2ccc(OCC)c(F)c2F)CC1. The van der Waals surface area contributed by atoms with Crippen molar-refractivity contribution in [1.82, 2.24) is 0 Å². The van der Waals surface area contributed by atoms with Gasteiger partial charge in [-0.05, 0) is 44.2 Å². The highest BCUT2D eigenvalue weighted by Crippen LogP contribution is 2.30. The first-order valence-corrected chi connectivity index (χ1v) is 8.07. The number of hydrogen-bond acceptors (Lipinski definition) is 2. The molecule has 0 radical (unpaired) electrons. The van der Waals surface area contributed by atoms with Crippen molar-refractivity contribution in [3.05, 3.63) is 35.9 Å². The fraction of sp³-hybridized carbons (Fsp3) is 0.556. The molecular formula is C18H24F2O2. The van der Waals surface area contributed by atoms with Crippen LogP contribution in [-0.4, -0.2) is 13.2 Å². The fourth-order valence-electron chi connectivity index (χ4n) is 2.77. The monoisotopic (exact) mass is 310 g/mol. The van der Waals surface area contributed by atoms with Crippen LogP contribution in [0.4, 0.5) is 8.78 Å². The third-order valence-corrected chi connectivity index (χ3v) is 3.99. The molecule has 0 saturated carbocycles. The summed E-state index contributed by atoms with van der Waals surface area (Å²) in [6, 6.07) is 2.83. The Morgan fingerprint density at radius 3 is 2.09 bits per heavy atom. The van der Waals surface area contributed by atoms with Gasteiger partial charge in [-0.25, -0.2) is 0 Å². The van der Waals surface area contributed by atoms with Crippen LogP contribution in [0.3, 0.4) is 0 Å². The van der Waals surface area contributed by atoms with E-state index in [1.165, 1.54) is 25.0 Å². The number of halogens is 2. The number of rotatable bonds is 7. The molecule has 1 aromatic rings. The highest BCUT2D eigenvalue weighted by atomic mass is 19.2. The van der Waals surface area contributed by atoms with Crippen molar-refractivity contribution in [2.45, 2.75) is 39.5 Å². The minimum Gasteiger partial charge on any atom is -0.491 e. The molecule has 2 unspecified atom stereocenters. The summed E-state index contributed by atoms with van der Waals surface area (Å²) in [5, 5.41) is 0. The second-order valence-corrected chi connectivity index (χ2v) is 5.70. The van der Waals surface area contributed by atoms with E-state index >= 15 is 0 Å². The Balaban J connectivity index is 1.92. The summed E-state index contributed by atoms with van der Waals surface area (Å²) in [6.45, 7) is 4.58. The van der Waals surface area contributed by atoms with Crippen LogP contribution in [0.1, 0.15) is 39.5 Å². The molecule has 1 aliphatic carbocycles. The molecule has 0 spiro atoms. The summed E-state index contributed by atoms with van der Waals surface area (Å²) in [7, 11) is 0. The quantitative estimate of drug-likeness (QED) is 0.650. The molecule has 1 aliphatic rings. The van der Waals surface area contributed by atoms with Gasteiger partial charge in [-0.2, -0.15) is 8.78 Å². The standard InChI is InChI=1S/C18H24F2O2/c1-3-5-13-6-8-14(9-7-13)12-22-16-11-10-15(21-4-2)17(19)18(16)20/h6,8,10-11,13-14H,3-5,7,9,12H2,1-2H3. The second kappa shape index (κ2) is 8.16. The highest BCUT2D eigenvalue weighted by molar-refractivity contribution is 5.35. The van der Waals surface area contributed by atoms with Crippen LogP contribution in [-0.2, 0) is 0 Å². The maximum Gasteiger partial charge on any atom is 0.204 e. The zero-order valence-electron chi connectivity index (χ0n) is 13.3. The molecule has 0 fully saturated rings. The summed E-state index contributed by atoms with van der Waals surface area (Å²) in [5.41, 5.74) is 0. The lowest BCUT2D eigenvalue weighted by atomic mass is 9.86. The minimum absolute atomic E-state index is 0.0509. The van der Waals surface area contributed by atoms with E-state index in [-0.39, 0.29) is 17.4 Å². The van der Waals surface area contributed by atoms with Gasteiger partial charge in [-0.15, -0.1) is 0 Å².